The van der Waals surface area contributed by atoms with Gasteiger partial charge >= 0.3 is 0 Å². The lowest BCUT2D eigenvalue weighted by molar-refractivity contribution is 0.0518. The van der Waals surface area contributed by atoms with Gasteiger partial charge in [0, 0.05) is 44.2 Å². The molecule has 0 aromatic heterocycles. The average molecular weight is 328 g/mol. The maximum atomic E-state index is 13.8. The number of hydrogen-bond acceptors (Lipinski definition) is 4. The average Bonchev–Trinajstić information content (AvgIpc) is 2.70. The van der Waals surface area contributed by atoms with Gasteiger partial charge in [0.05, 0.1) is 19.0 Å². The quantitative estimate of drug-likeness (QED) is 0.828. The molecule has 0 radical (unpaired) electrons. The third-order valence-corrected chi connectivity index (χ3v) is 5.66. The number of nitrogens with zero attached hydrogens (tertiary/aromatic N) is 2. The molecule has 22 heavy (non-hydrogen) atoms. The second-order valence-corrected chi connectivity index (χ2v) is 8.06. The van der Waals surface area contributed by atoms with Crippen molar-refractivity contribution in [3.63, 3.8) is 0 Å². The van der Waals surface area contributed by atoms with Crippen molar-refractivity contribution in [3.8, 4) is 0 Å². The van der Waals surface area contributed by atoms with Gasteiger partial charge in [0.25, 0.3) is 0 Å². The van der Waals surface area contributed by atoms with Gasteiger partial charge in [0.2, 0.25) is 10.0 Å². The predicted molar refractivity (Wildman–Crippen MR) is 81.3 cm³/mol. The molecule has 1 aromatic rings. The van der Waals surface area contributed by atoms with Crippen LogP contribution in [0.25, 0.3) is 0 Å². The maximum absolute atomic E-state index is 13.8. The number of fused-ring (bicyclic) bond motifs is 1. The predicted octanol–water partition coefficient (Wildman–Crippen LogP) is 0.918. The molecule has 0 spiro atoms. The Balaban J connectivity index is 1.67. The minimum absolute atomic E-state index is 0.0264. The molecule has 0 aliphatic carbocycles. The molecule has 0 bridgehead atoms. The second-order valence-electron chi connectivity index (χ2n) is 6.08. The van der Waals surface area contributed by atoms with E-state index in [4.69, 9.17) is 4.74 Å². The highest BCUT2D eigenvalue weighted by Gasteiger charge is 2.38. The van der Waals surface area contributed by atoms with E-state index in [0.717, 1.165) is 13.1 Å². The van der Waals surface area contributed by atoms with Crippen LogP contribution < -0.4 is 0 Å². The Kier molecular flexibility index (Phi) is 4.49. The van der Waals surface area contributed by atoms with Gasteiger partial charge in [-0.3, -0.25) is 4.90 Å². The molecule has 2 atom stereocenters. The normalized spacial score (nSPS) is 27.5. The largest absolute Gasteiger partial charge is 0.375 e. The lowest BCUT2D eigenvalue weighted by atomic mass is 10.1. The summed E-state index contributed by atoms with van der Waals surface area (Å²) in [6.45, 7) is 3.29. The van der Waals surface area contributed by atoms with Crippen LogP contribution in [0.4, 0.5) is 4.39 Å². The SMILES string of the molecule is CS(=O)(=O)N1CCO[C@@H]2CN(Cc3ccccc3F)C[C@@H]2C1. The molecule has 2 heterocycles. The highest BCUT2D eigenvalue weighted by molar-refractivity contribution is 7.88. The molecule has 0 amide bonds. The van der Waals surface area contributed by atoms with Crippen LogP contribution in [-0.4, -0.2) is 62.8 Å². The van der Waals surface area contributed by atoms with Gasteiger partial charge in [-0.15, -0.1) is 0 Å². The third kappa shape index (κ3) is 3.48. The number of hydrogen-bond donors (Lipinski definition) is 0. The van der Waals surface area contributed by atoms with Crippen molar-refractivity contribution >= 4 is 10.0 Å². The van der Waals surface area contributed by atoms with Crippen molar-refractivity contribution in [2.24, 2.45) is 5.92 Å². The highest BCUT2D eigenvalue weighted by atomic mass is 32.2. The smallest absolute Gasteiger partial charge is 0.211 e. The lowest BCUT2D eigenvalue weighted by Gasteiger charge is -2.21. The monoisotopic (exact) mass is 328 g/mol. The lowest BCUT2D eigenvalue weighted by Crippen LogP contribution is -2.36. The van der Waals surface area contributed by atoms with E-state index in [1.807, 2.05) is 6.07 Å². The summed E-state index contributed by atoms with van der Waals surface area (Å²) < 4.78 is 44.6. The van der Waals surface area contributed by atoms with E-state index >= 15 is 0 Å². The molecule has 0 N–H and O–H groups in total. The minimum atomic E-state index is -3.20. The molecular formula is C15H21FN2O3S. The number of likely N-dealkylation sites (tertiary alicyclic amines) is 1. The van der Waals surface area contributed by atoms with Crippen molar-refractivity contribution in [2.45, 2.75) is 12.6 Å². The summed E-state index contributed by atoms with van der Waals surface area (Å²) in [5.74, 6) is -0.0581. The van der Waals surface area contributed by atoms with Crippen LogP contribution in [0, 0.1) is 11.7 Å². The molecule has 2 fully saturated rings. The van der Waals surface area contributed by atoms with Crippen molar-refractivity contribution in [1.29, 1.82) is 0 Å². The number of rotatable bonds is 3. The first-order chi connectivity index (χ1) is 10.4. The van der Waals surface area contributed by atoms with Gasteiger partial charge in [0.1, 0.15) is 5.82 Å². The molecule has 0 saturated carbocycles. The topological polar surface area (TPSA) is 49.9 Å². The van der Waals surface area contributed by atoms with E-state index in [1.54, 1.807) is 12.1 Å². The highest BCUT2D eigenvalue weighted by Crippen LogP contribution is 2.26. The summed E-state index contributed by atoms with van der Waals surface area (Å²) in [7, 11) is -3.20. The standard InChI is InChI=1S/C15H21FN2O3S/c1-22(19,20)18-6-7-21-15-11-17(9-13(15)10-18)8-12-4-2-3-5-14(12)16/h2-5,13,15H,6-11H2,1H3/t13-,15-/m1/s1. The Morgan fingerprint density at radius 3 is 2.77 bits per heavy atom. The molecule has 2 aliphatic heterocycles. The Morgan fingerprint density at radius 1 is 1.27 bits per heavy atom. The first kappa shape index (κ1) is 15.9. The fraction of sp³-hybridized carbons (Fsp3) is 0.600. The van der Waals surface area contributed by atoms with E-state index in [1.165, 1.54) is 16.6 Å². The van der Waals surface area contributed by atoms with Crippen LogP contribution in [0.5, 0.6) is 0 Å². The first-order valence-electron chi connectivity index (χ1n) is 7.46. The van der Waals surface area contributed by atoms with E-state index < -0.39 is 10.0 Å². The molecular weight excluding hydrogens is 307 g/mol. The Labute approximate surface area is 130 Å². The maximum Gasteiger partial charge on any atom is 0.211 e. The van der Waals surface area contributed by atoms with Gasteiger partial charge in [0.15, 0.2) is 0 Å². The summed E-state index contributed by atoms with van der Waals surface area (Å²) in [6.07, 6.45) is 1.26. The van der Waals surface area contributed by atoms with E-state index in [-0.39, 0.29) is 17.8 Å². The van der Waals surface area contributed by atoms with Gasteiger partial charge < -0.3 is 4.74 Å². The van der Waals surface area contributed by atoms with Crippen LogP contribution in [0.1, 0.15) is 5.56 Å². The van der Waals surface area contributed by atoms with Gasteiger partial charge in [-0.25, -0.2) is 12.8 Å². The molecule has 3 rings (SSSR count). The van der Waals surface area contributed by atoms with E-state index in [9.17, 15) is 12.8 Å². The fourth-order valence-corrected chi connectivity index (χ4v) is 4.12. The second kappa shape index (κ2) is 6.23. The van der Waals surface area contributed by atoms with Crippen LogP contribution >= 0.6 is 0 Å². The Hall–Kier alpha value is -1.02. The molecule has 5 nitrogen and oxygen atoms in total. The molecule has 2 aliphatic rings. The zero-order valence-electron chi connectivity index (χ0n) is 12.6. The number of halogens is 1. The van der Waals surface area contributed by atoms with Crippen LogP contribution in [-0.2, 0) is 21.3 Å². The van der Waals surface area contributed by atoms with Crippen LogP contribution in [0.15, 0.2) is 24.3 Å². The zero-order valence-corrected chi connectivity index (χ0v) is 13.4. The van der Waals surface area contributed by atoms with Crippen LogP contribution in [0.3, 0.4) is 0 Å². The number of ether oxygens (including phenoxy) is 1. The van der Waals surface area contributed by atoms with Crippen molar-refractivity contribution < 1.29 is 17.5 Å². The summed E-state index contributed by atoms with van der Waals surface area (Å²) in [5, 5.41) is 0. The first-order valence-corrected chi connectivity index (χ1v) is 9.31. The van der Waals surface area contributed by atoms with Crippen molar-refractivity contribution in [2.75, 3.05) is 39.0 Å². The summed E-state index contributed by atoms with van der Waals surface area (Å²) >= 11 is 0. The molecule has 7 heteroatoms. The number of sulfonamides is 1. The fourth-order valence-electron chi connectivity index (χ4n) is 3.25. The van der Waals surface area contributed by atoms with Crippen LogP contribution in [0.2, 0.25) is 0 Å². The molecule has 1 aromatic carbocycles. The Morgan fingerprint density at radius 2 is 2.05 bits per heavy atom. The van der Waals surface area contributed by atoms with Gasteiger partial charge in [-0.1, -0.05) is 18.2 Å². The molecule has 2 saturated heterocycles. The minimum Gasteiger partial charge on any atom is -0.375 e. The summed E-state index contributed by atoms with van der Waals surface area (Å²) in [6, 6.07) is 6.76. The Bertz CT molecular complexity index is 637. The number of benzene rings is 1. The van der Waals surface area contributed by atoms with Crippen molar-refractivity contribution in [1.82, 2.24) is 9.21 Å². The summed E-state index contributed by atoms with van der Waals surface area (Å²) in [5.41, 5.74) is 0.666. The third-order valence-electron chi connectivity index (χ3n) is 4.39. The summed E-state index contributed by atoms with van der Waals surface area (Å²) in [4.78, 5) is 2.14. The van der Waals surface area contributed by atoms with E-state index in [2.05, 4.69) is 4.90 Å². The van der Waals surface area contributed by atoms with Gasteiger partial charge in [-0.2, -0.15) is 4.31 Å². The zero-order chi connectivity index (χ0) is 15.7. The molecule has 0 unspecified atom stereocenters. The van der Waals surface area contributed by atoms with Crippen molar-refractivity contribution in [3.05, 3.63) is 35.6 Å². The van der Waals surface area contributed by atoms with E-state index in [0.29, 0.717) is 31.8 Å². The van der Waals surface area contributed by atoms with Gasteiger partial charge in [-0.05, 0) is 6.07 Å². The molecule has 122 valence electrons.